The molecule has 1 saturated carbocycles. The molecule has 1 heterocycles. The summed E-state index contributed by atoms with van der Waals surface area (Å²) < 4.78 is 28.4. The van der Waals surface area contributed by atoms with Crippen LogP contribution in [-0.2, 0) is 10.0 Å². The highest BCUT2D eigenvalue weighted by Crippen LogP contribution is 2.36. The van der Waals surface area contributed by atoms with Crippen LogP contribution in [0.3, 0.4) is 0 Å². The predicted octanol–water partition coefficient (Wildman–Crippen LogP) is 3.04. The quantitative estimate of drug-likeness (QED) is 0.823. The Labute approximate surface area is 132 Å². The first-order valence-corrected chi connectivity index (χ1v) is 9.84. The molecule has 0 saturated heterocycles. The molecule has 1 aromatic heterocycles. The van der Waals surface area contributed by atoms with E-state index in [0.29, 0.717) is 10.8 Å². The molecule has 0 atom stereocenters. The van der Waals surface area contributed by atoms with Crippen molar-refractivity contribution in [3.63, 3.8) is 0 Å². The van der Waals surface area contributed by atoms with Crippen molar-refractivity contribution in [2.75, 3.05) is 13.2 Å². The maximum absolute atomic E-state index is 12.3. The van der Waals surface area contributed by atoms with Gasteiger partial charge >= 0.3 is 0 Å². The molecule has 1 aliphatic carbocycles. The maximum atomic E-state index is 12.3. The second-order valence-corrected chi connectivity index (χ2v) is 9.93. The molecule has 0 unspecified atom stereocenters. The van der Waals surface area contributed by atoms with E-state index in [-0.39, 0.29) is 12.0 Å². The van der Waals surface area contributed by atoms with Crippen molar-refractivity contribution in [3.8, 4) is 0 Å². The fourth-order valence-electron chi connectivity index (χ4n) is 2.58. The highest BCUT2D eigenvalue weighted by Gasteiger charge is 2.33. The van der Waals surface area contributed by atoms with Crippen LogP contribution in [0.15, 0.2) is 14.1 Å². The van der Waals surface area contributed by atoms with Gasteiger partial charge < -0.3 is 5.11 Å². The van der Waals surface area contributed by atoms with Gasteiger partial charge in [0.1, 0.15) is 4.21 Å². The lowest BCUT2D eigenvalue weighted by molar-refractivity contribution is 0.0867. The van der Waals surface area contributed by atoms with Crippen LogP contribution in [-0.4, -0.2) is 26.7 Å². The van der Waals surface area contributed by atoms with E-state index in [1.54, 1.807) is 6.07 Å². The van der Waals surface area contributed by atoms with Crippen molar-refractivity contribution in [3.05, 3.63) is 15.4 Å². The predicted molar refractivity (Wildman–Crippen MR) is 84.5 cm³/mol. The van der Waals surface area contributed by atoms with Crippen LogP contribution in [0.25, 0.3) is 0 Å². The summed E-state index contributed by atoms with van der Waals surface area (Å²) in [5.74, 6) is 0. The molecule has 0 radical (unpaired) electrons. The van der Waals surface area contributed by atoms with Crippen molar-refractivity contribution in [2.45, 2.75) is 43.2 Å². The Kier molecular flexibility index (Phi) is 5.29. The smallest absolute Gasteiger partial charge is 0.250 e. The van der Waals surface area contributed by atoms with E-state index in [9.17, 15) is 13.5 Å². The summed E-state index contributed by atoms with van der Waals surface area (Å²) in [4.78, 5) is 0. The van der Waals surface area contributed by atoms with Crippen LogP contribution >= 0.6 is 27.3 Å². The number of hydrogen-bond donors (Lipinski definition) is 2. The number of sulfonamides is 1. The fourth-order valence-corrected chi connectivity index (χ4v) is 6.00. The van der Waals surface area contributed by atoms with Crippen LogP contribution in [0.1, 0.15) is 37.7 Å². The normalized spacial score (nSPS) is 19.1. The average Bonchev–Trinajstić information content (AvgIpc) is 2.79. The Morgan fingerprint density at radius 2 is 2.05 bits per heavy atom. The van der Waals surface area contributed by atoms with Crippen LogP contribution in [0.5, 0.6) is 0 Å². The van der Waals surface area contributed by atoms with Gasteiger partial charge in [-0.3, -0.25) is 0 Å². The number of aryl methyl sites for hydroxylation is 1. The average molecular weight is 382 g/mol. The van der Waals surface area contributed by atoms with Gasteiger partial charge in [-0.25, -0.2) is 13.1 Å². The summed E-state index contributed by atoms with van der Waals surface area (Å²) >= 11 is 4.56. The van der Waals surface area contributed by atoms with E-state index in [1.165, 1.54) is 17.8 Å². The highest BCUT2D eigenvalue weighted by molar-refractivity contribution is 9.11. The number of aliphatic hydroxyl groups is 1. The minimum absolute atomic E-state index is 0.0443. The Morgan fingerprint density at radius 3 is 2.55 bits per heavy atom. The summed E-state index contributed by atoms with van der Waals surface area (Å²) in [6.07, 6.45) is 5.07. The number of aliphatic hydroxyl groups excluding tert-OH is 1. The monoisotopic (exact) mass is 381 g/mol. The SMILES string of the molecule is Cc1cc(S(=O)(=O)NCC2(CO)CCCCC2)sc1Br. The van der Waals surface area contributed by atoms with Gasteiger partial charge in [-0.1, -0.05) is 19.3 Å². The van der Waals surface area contributed by atoms with Gasteiger partial charge in [0.25, 0.3) is 0 Å². The van der Waals surface area contributed by atoms with E-state index in [4.69, 9.17) is 0 Å². The third-order valence-corrected chi connectivity index (χ3v) is 8.00. The van der Waals surface area contributed by atoms with E-state index >= 15 is 0 Å². The molecule has 1 fully saturated rings. The summed E-state index contributed by atoms with van der Waals surface area (Å²) in [6.45, 7) is 2.24. The summed E-state index contributed by atoms with van der Waals surface area (Å²) in [6, 6.07) is 1.67. The number of halogens is 1. The van der Waals surface area contributed by atoms with Gasteiger partial charge in [-0.2, -0.15) is 0 Å². The van der Waals surface area contributed by atoms with Gasteiger partial charge in [-0.15, -0.1) is 11.3 Å². The molecule has 4 nitrogen and oxygen atoms in total. The summed E-state index contributed by atoms with van der Waals surface area (Å²) in [5, 5.41) is 9.62. The minimum atomic E-state index is -3.48. The lowest BCUT2D eigenvalue weighted by Gasteiger charge is -2.35. The first kappa shape index (κ1) is 16.4. The standard InChI is InChI=1S/C13H20BrNO3S2/c1-10-7-11(19-12(10)14)20(17,18)15-8-13(9-16)5-3-2-4-6-13/h7,15-16H,2-6,8-9H2,1H3. The Bertz CT molecular complexity index is 543. The number of hydrogen-bond acceptors (Lipinski definition) is 4. The topological polar surface area (TPSA) is 66.4 Å². The second kappa shape index (κ2) is 6.44. The minimum Gasteiger partial charge on any atom is -0.396 e. The first-order chi connectivity index (χ1) is 9.38. The lowest BCUT2D eigenvalue weighted by Crippen LogP contribution is -2.41. The number of thiophene rings is 1. The largest absolute Gasteiger partial charge is 0.396 e. The fraction of sp³-hybridized carbons (Fsp3) is 0.692. The molecule has 2 rings (SSSR count). The third kappa shape index (κ3) is 3.62. The molecule has 20 heavy (non-hydrogen) atoms. The zero-order valence-corrected chi connectivity index (χ0v) is 14.7. The zero-order valence-electron chi connectivity index (χ0n) is 11.5. The molecule has 2 N–H and O–H groups in total. The van der Waals surface area contributed by atoms with Crippen LogP contribution in [0.2, 0.25) is 0 Å². The number of rotatable bonds is 5. The molecule has 0 aliphatic heterocycles. The van der Waals surface area contributed by atoms with Gasteiger partial charge in [0, 0.05) is 18.6 Å². The van der Waals surface area contributed by atoms with E-state index in [1.807, 2.05) is 6.92 Å². The highest BCUT2D eigenvalue weighted by atomic mass is 79.9. The molecular weight excluding hydrogens is 362 g/mol. The molecule has 1 aliphatic rings. The lowest BCUT2D eigenvalue weighted by atomic mass is 9.75. The molecule has 0 bridgehead atoms. The molecule has 0 spiro atoms. The zero-order chi connectivity index (χ0) is 14.8. The Hall–Kier alpha value is 0.0500. The molecule has 1 aromatic rings. The molecule has 0 amide bonds. The van der Waals surface area contributed by atoms with Gasteiger partial charge in [-0.05, 0) is 47.3 Å². The van der Waals surface area contributed by atoms with E-state index in [2.05, 4.69) is 20.7 Å². The molecule has 114 valence electrons. The van der Waals surface area contributed by atoms with Crippen LogP contribution < -0.4 is 4.72 Å². The maximum Gasteiger partial charge on any atom is 0.250 e. The Balaban J connectivity index is 2.08. The van der Waals surface area contributed by atoms with Gasteiger partial charge in [0.05, 0.1) is 3.79 Å². The summed E-state index contributed by atoms with van der Waals surface area (Å²) in [5.41, 5.74) is 0.638. The van der Waals surface area contributed by atoms with Crippen molar-refractivity contribution < 1.29 is 13.5 Å². The number of nitrogens with one attached hydrogen (secondary N) is 1. The van der Waals surface area contributed by atoms with Gasteiger partial charge in [0.15, 0.2) is 0 Å². The summed E-state index contributed by atoms with van der Waals surface area (Å²) in [7, 11) is -3.48. The molecular formula is C13H20BrNO3S2. The van der Waals surface area contributed by atoms with Crippen molar-refractivity contribution in [1.82, 2.24) is 4.72 Å². The van der Waals surface area contributed by atoms with E-state index < -0.39 is 10.0 Å². The second-order valence-electron chi connectivity index (χ2n) is 5.57. The van der Waals surface area contributed by atoms with Gasteiger partial charge in [0.2, 0.25) is 10.0 Å². The first-order valence-electron chi connectivity index (χ1n) is 6.75. The van der Waals surface area contributed by atoms with E-state index in [0.717, 1.165) is 35.0 Å². The third-order valence-electron chi connectivity index (χ3n) is 3.99. The molecule has 7 heteroatoms. The van der Waals surface area contributed by atoms with Crippen molar-refractivity contribution in [2.24, 2.45) is 5.41 Å². The van der Waals surface area contributed by atoms with Crippen molar-refractivity contribution in [1.29, 1.82) is 0 Å². The molecule has 0 aromatic carbocycles. The Morgan fingerprint density at radius 1 is 1.40 bits per heavy atom. The van der Waals surface area contributed by atoms with Crippen molar-refractivity contribution >= 4 is 37.3 Å². The van der Waals surface area contributed by atoms with Crippen LogP contribution in [0, 0.1) is 12.3 Å². The van der Waals surface area contributed by atoms with Crippen LogP contribution in [0.4, 0.5) is 0 Å².